The zero-order chi connectivity index (χ0) is 12.7. The molecule has 3 N–H and O–H groups in total. The first-order chi connectivity index (χ1) is 8.65. The molecule has 0 heterocycles. The van der Waals surface area contributed by atoms with Gasteiger partial charge in [-0.3, -0.25) is 4.79 Å². The van der Waals surface area contributed by atoms with Gasteiger partial charge >= 0.3 is 0 Å². The molecule has 2 fully saturated rings. The number of fused-ring (bicyclic) bond motifs is 2. The van der Waals surface area contributed by atoms with Crippen molar-refractivity contribution in [2.24, 2.45) is 11.8 Å². The van der Waals surface area contributed by atoms with Crippen molar-refractivity contribution in [3.8, 4) is 0 Å². The van der Waals surface area contributed by atoms with E-state index in [1.807, 2.05) is 0 Å². The maximum Gasteiger partial charge on any atom is 0.253 e. The number of benzene rings is 1. The van der Waals surface area contributed by atoms with Gasteiger partial charge in [-0.2, -0.15) is 0 Å². The molecule has 2 bridgehead atoms. The molecule has 1 aromatic rings. The second-order valence-electron chi connectivity index (χ2n) is 5.46. The molecular weight excluding hydrogens is 231 g/mol. The van der Waals surface area contributed by atoms with Gasteiger partial charge in [0, 0.05) is 6.04 Å². The van der Waals surface area contributed by atoms with Crippen LogP contribution < -0.4 is 11.1 Å². The van der Waals surface area contributed by atoms with Gasteiger partial charge in [0.25, 0.3) is 5.91 Å². The summed E-state index contributed by atoms with van der Waals surface area (Å²) in [7, 11) is 0. The van der Waals surface area contributed by atoms with E-state index < -0.39 is 5.82 Å². The first-order valence-electron chi connectivity index (χ1n) is 6.50. The topological polar surface area (TPSA) is 55.1 Å². The molecule has 3 rings (SSSR count). The number of amides is 1. The lowest BCUT2D eigenvalue weighted by molar-refractivity contribution is 0.0923. The third kappa shape index (κ3) is 1.85. The van der Waals surface area contributed by atoms with Crippen molar-refractivity contribution in [3.05, 3.63) is 29.6 Å². The Labute approximate surface area is 106 Å². The highest BCUT2D eigenvalue weighted by molar-refractivity contribution is 5.99. The summed E-state index contributed by atoms with van der Waals surface area (Å²) in [5.41, 5.74) is 5.79. The lowest BCUT2D eigenvalue weighted by Gasteiger charge is -2.23. The molecule has 0 aromatic heterocycles. The minimum atomic E-state index is -0.532. The van der Waals surface area contributed by atoms with Crippen LogP contribution in [0.1, 0.15) is 36.0 Å². The lowest BCUT2D eigenvalue weighted by atomic mass is 9.95. The van der Waals surface area contributed by atoms with Gasteiger partial charge < -0.3 is 11.1 Å². The van der Waals surface area contributed by atoms with Crippen molar-refractivity contribution >= 4 is 11.6 Å². The minimum Gasteiger partial charge on any atom is -0.396 e. The van der Waals surface area contributed by atoms with Crippen LogP contribution in [0.2, 0.25) is 0 Å². The zero-order valence-corrected chi connectivity index (χ0v) is 10.2. The van der Waals surface area contributed by atoms with Crippen molar-refractivity contribution in [3.63, 3.8) is 0 Å². The molecule has 3 atom stereocenters. The van der Waals surface area contributed by atoms with Gasteiger partial charge in [-0.1, -0.05) is 12.5 Å². The van der Waals surface area contributed by atoms with Crippen LogP contribution >= 0.6 is 0 Å². The third-order valence-electron chi connectivity index (χ3n) is 4.35. The fourth-order valence-corrected chi connectivity index (χ4v) is 3.40. The van der Waals surface area contributed by atoms with E-state index in [0.29, 0.717) is 5.92 Å². The summed E-state index contributed by atoms with van der Waals surface area (Å²) < 4.78 is 13.3. The van der Waals surface area contributed by atoms with Gasteiger partial charge in [-0.25, -0.2) is 4.39 Å². The van der Waals surface area contributed by atoms with Gasteiger partial charge in [-0.05, 0) is 43.2 Å². The number of rotatable bonds is 2. The summed E-state index contributed by atoms with van der Waals surface area (Å²) in [5.74, 6) is 0.596. The number of carbonyl (C=O) groups is 1. The van der Waals surface area contributed by atoms with E-state index in [1.54, 1.807) is 6.07 Å². The van der Waals surface area contributed by atoms with Crippen LogP contribution in [0.4, 0.5) is 10.1 Å². The van der Waals surface area contributed by atoms with Crippen molar-refractivity contribution < 1.29 is 9.18 Å². The smallest absolute Gasteiger partial charge is 0.253 e. The molecule has 0 saturated heterocycles. The maximum atomic E-state index is 13.3. The Bertz CT molecular complexity index is 489. The number of halogens is 1. The second kappa shape index (κ2) is 4.26. The van der Waals surface area contributed by atoms with E-state index in [9.17, 15) is 9.18 Å². The van der Waals surface area contributed by atoms with Crippen molar-refractivity contribution in [2.75, 3.05) is 5.73 Å². The van der Waals surface area contributed by atoms with E-state index in [4.69, 9.17) is 5.73 Å². The average Bonchev–Trinajstić information content (AvgIpc) is 2.94. The molecule has 2 saturated carbocycles. The van der Waals surface area contributed by atoms with E-state index >= 15 is 0 Å². The maximum absolute atomic E-state index is 13.3. The summed E-state index contributed by atoms with van der Waals surface area (Å²) >= 11 is 0. The van der Waals surface area contributed by atoms with Gasteiger partial charge in [0.1, 0.15) is 5.82 Å². The van der Waals surface area contributed by atoms with Gasteiger partial charge in [0.05, 0.1) is 11.3 Å². The molecule has 4 heteroatoms. The molecule has 2 aliphatic carbocycles. The van der Waals surface area contributed by atoms with Crippen LogP contribution in [0.15, 0.2) is 18.2 Å². The average molecular weight is 248 g/mol. The fraction of sp³-hybridized carbons (Fsp3) is 0.500. The number of carbonyl (C=O) groups excluding carboxylic acids is 1. The van der Waals surface area contributed by atoms with E-state index in [2.05, 4.69) is 5.32 Å². The first kappa shape index (κ1) is 11.5. The number of anilines is 1. The molecule has 1 aromatic carbocycles. The van der Waals surface area contributed by atoms with Crippen molar-refractivity contribution in [1.29, 1.82) is 0 Å². The predicted octanol–water partition coefficient (Wildman–Crippen LogP) is 2.33. The molecule has 3 unspecified atom stereocenters. The van der Waals surface area contributed by atoms with Crippen LogP contribution in [0.3, 0.4) is 0 Å². The highest BCUT2D eigenvalue weighted by Crippen LogP contribution is 2.44. The Kier molecular flexibility index (Phi) is 2.73. The molecular formula is C14H17FN2O. The summed E-state index contributed by atoms with van der Waals surface area (Å²) in [6.45, 7) is 0. The highest BCUT2D eigenvalue weighted by atomic mass is 19.1. The van der Waals surface area contributed by atoms with Gasteiger partial charge in [0.15, 0.2) is 0 Å². The van der Waals surface area contributed by atoms with Crippen LogP contribution in [-0.2, 0) is 0 Å². The molecule has 0 radical (unpaired) electrons. The van der Waals surface area contributed by atoms with Crippen LogP contribution in [-0.4, -0.2) is 11.9 Å². The number of nitrogens with one attached hydrogen (secondary N) is 1. The van der Waals surface area contributed by atoms with E-state index in [-0.39, 0.29) is 23.2 Å². The molecule has 2 aliphatic rings. The molecule has 0 spiro atoms. The van der Waals surface area contributed by atoms with Gasteiger partial charge in [0.2, 0.25) is 0 Å². The SMILES string of the molecule is Nc1c(F)cccc1C(=O)NC1CC2CCC1C2. The second-order valence-corrected chi connectivity index (χ2v) is 5.46. The minimum absolute atomic E-state index is 0.0573. The highest BCUT2D eigenvalue weighted by Gasteiger charge is 2.40. The number of hydrogen-bond acceptors (Lipinski definition) is 2. The summed E-state index contributed by atoms with van der Waals surface area (Å²) in [5, 5.41) is 3.01. The zero-order valence-electron chi connectivity index (χ0n) is 10.2. The Morgan fingerprint density at radius 3 is 2.83 bits per heavy atom. The molecule has 1 amide bonds. The predicted molar refractivity (Wildman–Crippen MR) is 67.5 cm³/mol. The summed E-state index contributed by atoms with van der Waals surface area (Å²) in [6, 6.07) is 4.60. The van der Waals surface area contributed by atoms with Crippen LogP contribution in [0, 0.1) is 17.7 Å². The molecule has 96 valence electrons. The van der Waals surface area contributed by atoms with Gasteiger partial charge in [-0.15, -0.1) is 0 Å². The van der Waals surface area contributed by atoms with E-state index in [0.717, 1.165) is 12.3 Å². The van der Waals surface area contributed by atoms with E-state index in [1.165, 1.54) is 31.4 Å². The third-order valence-corrected chi connectivity index (χ3v) is 4.35. The van der Waals surface area contributed by atoms with Crippen LogP contribution in [0.5, 0.6) is 0 Å². The standard InChI is InChI=1S/C14H17FN2O/c15-11-3-1-2-10(13(11)16)14(18)17-12-7-8-4-5-9(12)6-8/h1-3,8-9,12H,4-7,16H2,(H,17,18). The Morgan fingerprint density at radius 1 is 1.33 bits per heavy atom. The molecule has 18 heavy (non-hydrogen) atoms. The monoisotopic (exact) mass is 248 g/mol. The number of nitrogen functional groups attached to an aromatic ring is 1. The first-order valence-corrected chi connectivity index (χ1v) is 6.50. The summed E-state index contributed by atoms with van der Waals surface area (Å²) in [4.78, 5) is 12.1. The summed E-state index contributed by atoms with van der Waals surface area (Å²) in [6.07, 6.45) is 4.78. The largest absolute Gasteiger partial charge is 0.396 e. The number of para-hydroxylation sites is 1. The Balaban J connectivity index is 1.73. The number of nitrogens with two attached hydrogens (primary N) is 1. The van der Waals surface area contributed by atoms with Crippen molar-refractivity contribution in [2.45, 2.75) is 31.7 Å². The molecule has 0 aliphatic heterocycles. The quantitative estimate of drug-likeness (QED) is 0.789. The Hall–Kier alpha value is -1.58. The lowest BCUT2D eigenvalue weighted by Crippen LogP contribution is -2.38. The number of hydrogen-bond donors (Lipinski definition) is 2. The fourth-order valence-electron chi connectivity index (χ4n) is 3.40. The Morgan fingerprint density at radius 2 is 2.17 bits per heavy atom. The van der Waals surface area contributed by atoms with Crippen molar-refractivity contribution in [1.82, 2.24) is 5.32 Å². The molecule has 3 nitrogen and oxygen atoms in total. The van der Waals surface area contributed by atoms with Crippen LogP contribution in [0.25, 0.3) is 0 Å². The normalized spacial score (nSPS) is 29.5.